The molecule has 0 unspecified atom stereocenters. The van der Waals surface area contributed by atoms with E-state index in [0.29, 0.717) is 22.5 Å². The van der Waals surface area contributed by atoms with Gasteiger partial charge in [0.05, 0.1) is 23.0 Å². The van der Waals surface area contributed by atoms with Gasteiger partial charge in [0.1, 0.15) is 0 Å². The van der Waals surface area contributed by atoms with Gasteiger partial charge in [-0.2, -0.15) is 33.7 Å². The molecule has 0 fully saturated rings. The number of hydrogen-bond acceptors (Lipinski definition) is 10. The second-order valence-corrected chi connectivity index (χ2v) is 14.5. The summed E-state index contributed by atoms with van der Waals surface area (Å²) in [7, 11) is -17.3. The van der Waals surface area contributed by atoms with Crippen LogP contribution in [0.5, 0.6) is 0 Å². The van der Waals surface area contributed by atoms with Crippen molar-refractivity contribution in [3.8, 4) is 11.1 Å². The summed E-state index contributed by atoms with van der Waals surface area (Å²) in [5, 5.41) is 0. The zero-order valence-corrected chi connectivity index (χ0v) is 23.1. The molecule has 2 aromatic rings. The van der Waals surface area contributed by atoms with E-state index in [0.717, 1.165) is 0 Å². The third kappa shape index (κ3) is 12.5. The topological polar surface area (TPSA) is 224 Å². The van der Waals surface area contributed by atoms with Gasteiger partial charge in [0.15, 0.2) is 0 Å². The highest BCUT2D eigenvalue weighted by molar-refractivity contribution is 7.86. The largest absolute Gasteiger partial charge is 0.369 e. The summed E-state index contributed by atoms with van der Waals surface area (Å²) in [6, 6.07) is 13.0. The maximum absolute atomic E-state index is 11.1. The first-order valence-corrected chi connectivity index (χ1v) is 17.3. The van der Waals surface area contributed by atoms with Crippen LogP contribution in [0, 0.1) is 0 Å². The molecule has 2 rings (SSSR count). The maximum Gasteiger partial charge on any atom is 0.266 e. The van der Waals surface area contributed by atoms with Gasteiger partial charge in [-0.1, -0.05) is 24.3 Å². The molecule has 0 aliphatic heterocycles. The Labute approximate surface area is 221 Å². The average Bonchev–Trinajstić information content (AvgIpc) is 2.77. The van der Waals surface area contributed by atoms with E-state index in [1.807, 2.05) is 0 Å². The minimum absolute atomic E-state index is 0.231. The van der Waals surface area contributed by atoms with Gasteiger partial charge in [0.2, 0.25) is 0 Å². The maximum atomic E-state index is 11.1. The lowest BCUT2D eigenvalue weighted by molar-refractivity contribution is 0.477. The number of rotatable bonds is 15. The zero-order chi connectivity index (χ0) is 28.8. The van der Waals surface area contributed by atoms with Crippen LogP contribution in [0.3, 0.4) is 0 Å². The van der Waals surface area contributed by atoms with Crippen molar-refractivity contribution in [1.82, 2.24) is 0 Å². The molecule has 0 atom stereocenters. The summed E-state index contributed by atoms with van der Waals surface area (Å²) in [4.78, 5) is 2.74. The Morgan fingerprint density at radius 2 is 0.632 bits per heavy atom. The highest BCUT2D eigenvalue weighted by atomic mass is 32.2. The van der Waals surface area contributed by atoms with E-state index in [4.69, 9.17) is 18.2 Å². The molecule has 0 aromatic heterocycles. The van der Waals surface area contributed by atoms with Crippen molar-refractivity contribution < 1.29 is 51.9 Å². The van der Waals surface area contributed by atoms with Crippen molar-refractivity contribution in [3.05, 3.63) is 48.5 Å². The quantitative estimate of drug-likeness (QED) is 0.200. The minimum atomic E-state index is -4.32. The lowest BCUT2D eigenvalue weighted by Crippen LogP contribution is -2.33. The monoisotopic (exact) mass is 616 g/mol. The van der Waals surface area contributed by atoms with E-state index in [9.17, 15) is 33.7 Å². The first-order valence-electron chi connectivity index (χ1n) is 10.8. The fraction of sp³-hybridized carbons (Fsp3) is 0.400. The van der Waals surface area contributed by atoms with Gasteiger partial charge in [0.25, 0.3) is 40.5 Å². The average molecular weight is 617 g/mol. The molecule has 0 aliphatic carbocycles. The first kappa shape index (κ1) is 31.9. The van der Waals surface area contributed by atoms with Gasteiger partial charge in [-0.25, -0.2) is 0 Å². The van der Waals surface area contributed by atoms with Crippen LogP contribution in [-0.4, -0.2) is 101 Å². The van der Waals surface area contributed by atoms with Gasteiger partial charge in [0, 0.05) is 37.6 Å². The molecule has 2 aromatic carbocycles. The number of hydrogen-bond donors (Lipinski definition) is 4. The van der Waals surface area contributed by atoms with Crippen LogP contribution >= 0.6 is 0 Å². The van der Waals surface area contributed by atoms with Crippen LogP contribution in [0.4, 0.5) is 11.4 Å². The molecule has 0 spiro atoms. The normalized spacial score (nSPS) is 12.8. The van der Waals surface area contributed by atoms with E-state index in [2.05, 4.69) is 0 Å². The minimum Gasteiger partial charge on any atom is -0.369 e. The van der Waals surface area contributed by atoms with E-state index in [1.54, 1.807) is 48.5 Å². The van der Waals surface area contributed by atoms with E-state index in [1.165, 1.54) is 9.80 Å². The van der Waals surface area contributed by atoms with Crippen LogP contribution < -0.4 is 9.80 Å². The lowest BCUT2D eigenvalue weighted by atomic mass is 10.0. The van der Waals surface area contributed by atoms with Crippen LogP contribution in [0.25, 0.3) is 11.1 Å². The van der Waals surface area contributed by atoms with Crippen molar-refractivity contribution in [3.63, 3.8) is 0 Å². The highest BCUT2D eigenvalue weighted by Gasteiger charge is 2.17. The van der Waals surface area contributed by atoms with Crippen molar-refractivity contribution >= 4 is 51.8 Å². The molecule has 0 radical (unpaired) electrons. The van der Waals surface area contributed by atoms with Crippen LogP contribution in [0.2, 0.25) is 0 Å². The zero-order valence-electron chi connectivity index (χ0n) is 19.9. The van der Waals surface area contributed by atoms with Crippen molar-refractivity contribution in [2.75, 3.05) is 59.0 Å². The van der Waals surface area contributed by atoms with Crippen molar-refractivity contribution in [2.45, 2.75) is 0 Å². The highest BCUT2D eigenvalue weighted by Crippen LogP contribution is 2.26. The molecule has 38 heavy (non-hydrogen) atoms. The van der Waals surface area contributed by atoms with E-state index in [-0.39, 0.29) is 26.2 Å². The molecule has 0 amide bonds. The smallest absolute Gasteiger partial charge is 0.266 e. The second kappa shape index (κ2) is 12.7. The Morgan fingerprint density at radius 1 is 0.421 bits per heavy atom. The van der Waals surface area contributed by atoms with Gasteiger partial charge in [-0.15, -0.1) is 0 Å². The lowest BCUT2D eigenvalue weighted by Gasteiger charge is -2.24. The molecule has 214 valence electrons. The van der Waals surface area contributed by atoms with E-state index >= 15 is 0 Å². The molecule has 0 bridgehead atoms. The molecule has 18 heteroatoms. The predicted octanol–water partition coefficient (Wildman–Crippen LogP) is 0.518. The molecule has 14 nitrogen and oxygen atoms in total. The third-order valence-electron chi connectivity index (χ3n) is 5.27. The number of anilines is 2. The number of nitrogens with zero attached hydrogens (tertiary/aromatic N) is 2. The summed E-state index contributed by atoms with van der Waals surface area (Å²) >= 11 is 0. The standard InChI is InChI=1S/C20H28N2O12S4/c23-35(24,25)13-9-21(10-14-36(26,27)28)19-5-1-17(2-6-19)18-3-7-20(8-4-18)22(11-15-37(29,30)31)12-16-38(32,33)34/h1-8H,9-16H2,(H,23,24,25)(H,26,27,28)(H,29,30,31)(H,32,33,34). The molecule has 0 saturated heterocycles. The first-order chi connectivity index (χ1) is 17.3. The van der Waals surface area contributed by atoms with Crippen molar-refractivity contribution in [1.29, 1.82) is 0 Å². The summed E-state index contributed by atoms with van der Waals surface area (Å²) < 4.78 is 125. The van der Waals surface area contributed by atoms with E-state index < -0.39 is 63.5 Å². The Bertz CT molecular complexity index is 1320. The second-order valence-electron chi connectivity index (χ2n) is 8.21. The van der Waals surface area contributed by atoms with Crippen molar-refractivity contribution in [2.24, 2.45) is 0 Å². The molecule has 4 N–H and O–H groups in total. The Kier molecular flexibility index (Phi) is 10.7. The van der Waals surface area contributed by atoms with Crippen LogP contribution in [0.15, 0.2) is 48.5 Å². The molecule has 0 aliphatic rings. The fourth-order valence-electron chi connectivity index (χ4n) is 3.37. The van der Waals surface area contributed by atoms with Gasteiger partial charge >= 0.3 is 0 Å². The summed E-state index contributed by atoms with van der Waals surface area (Å²) in [6.07, 6.45) is 0. The summed E-state index contributed by atoms with van der Waals surface area (Å²) in [5.41, 5.74) is 2.23. The molecule has 0 heterocycles. The van der Waals surface area contributed by atoms with Gasteiger partial charge in [-0.3, -0.25) is 18.2 Å². The van der Waals surface area contributed by atoms with Gasteiger partial charge < -0.3 is 9.80 Å². The summed E-state index contributed by atoms with van der Waals surface area (Å²) in [5.74, 6) is -2.64. The van der Waals surface area contributed by atoms with Gasteiger partial charge in [-0.05, 0) is 35.4 Å². The Hall–Kier alpha value is -2.32. The Balaban J connectivity index is 2.24. The summed E-state index contributed by atoms with van der Waals surface area (Å²) in [6.45, 7) is -0.923. The molecular formula is C20H28N2O12S4. The van der Waals surface area contributed by atoms with Crippen LogP contribution in [-0.2, 0) is 40.5 Å². The molecular weight excluding hydrogens is 588 g/mol. The van der Waals surface area contributed by atoms with Crippen LogP contribution in [0.1, 0.15) is 0 Å². The predicted molar refractivity (Wildman–Crippen MR) is 142 cm³/mol. The Morgan fingerprint density at radius 3 is 0.816 bits per heavy atom. The SMILES string of the molecule is O=S(=O)(O)CCN(CCS(=O)(=O)O)c1ccc(-c2ccc(N(CCS(=O)(=O)O)CCS(=O)(=O)O)cc2)cc1. The molecule has 0 saturated carbocycles. The third-order valence-corrected chi connectivity index (χ3v) is 8.07. The number of benzene rings is 2. The fourth-order valence-corrected chi connectivity index (χ4v) is 5.18.